The zero-order valence-electron chi connectivity index (χ0n) is 18.2. The Hall–Kier alpha value is -2.87. The molecule has 0 aliphatic carbocycles. The van der Waals surface area contributed by atoms with Gasteiger partial charge in [-0.05, 0) is 44.9 Å². The number of hydrogen-bond donors (Lipinski definition) is 1. The quantitative estimate of drug-likeness (QED) is 0.712. The highest BCUT2D eigenvalue weighted by Gasteiger charge is 2.22. The van der Waals surface area contributed by atoms with Crippen molar-refractivity contribution in [2.24, 2.45) is 0 Å². The largest absolute Gasteiger partial charge is 0.497 e. The molecule has 1 aliphatic rings. The first-order chi connectivity index (χ1) is 14.3. The van der Waals surface area contributed by atoms with Crippen molar-refractivity contribution in [1.29, 1.82) is 0 Å². The fourth-order valence-corrected chi connectivity index (χ4v) is 3.88. The maximum atomic E-state index is 12.6. The molecule has 0 bridgehead atoms. The second kappa shape index (κ2) is 8.10. The first kappa shape index (κ1) is 20.4. The third-order valence-electron chi connectivity index (χ3n) is 5.51. The van der Waals surface area contributed by atoms with Crippen LogP contribution in [0.15, 0.2) is 35.3 Å². The van der Waals surface area contributed by atoms with Gasteiger partial charge in [0.2, 0.25) is 5.95 Å². The summed E-state index contributed by atoms with van der Waals surface area (Å²) in [5, 5.41) is 4.93. The minimum absolute atomic E-state index is 0.134. The number of aromatic nitrogens is 4. The number of H-pyrrole nitrogens is 1. The van der Waals surface area contributed by atoms with Crippen molar-refractivity contribution in [2.75, 3.05) is 38.2 Å². The summed E-state index contributed by atoms with van der Waals surface area (Å²) in [6.45, 7) is 10.7. The van der Waals surface area contributed by atoms with Gasteiger partial charge in [0.25, 0.3) is 5.56 Å². The molecule has 30 heavy (non-hydrogen) atoms. The monoisotopic (exact) mass is 410 g/mol. The van der Waals surface area contributed by atoms with Gasteiger partial charge in [0.05, 0.1) is 18.8 Å². The molecular formula is C22H30N6O2. The van der Waals surface area contributed by atoms with Crippen LogP contribution in [0, 0.1) is 0 Å². The molecule has 0 atom stereocenters. The van der Waals surface area contributed by atoms with Gasteiger partial charge in [-0.15, -0.1) is 0 Å². The van der Waals surface area contributed by atoms with Crippen molar-refractivity contribution in [3.05, 3.63) is 46.4 Å². The van der Waals surface area contributed by atoms with Gasteiger partial charge in [-0.25, -0.2) is 4.68 Å². The Morgan fingerprint density at radius 3 is 2.57 bits per heavy atom. The van der Waals surface area contributed by atoms with Crippen LogP contribution in [-0.4, -0.2) is 57.9 Å². The standard InChI is InChI=1S/C22H30N6O2/c1-22(2,3)28-19-18(14-23-28)20(29)25-21(24-19)27-11-5-10-26(12-13-27)15-16-6-8-17(30-4)9-7-16/h6-9,14H,5,10-13,15H2,1-4H3,(H,24,25,29). The van der Waals surface area contributed by atoms with E-state index in [4.69, 9.17) is 9.72 Å². The van der Waals surface area contributed by atoms with E-state index < -0.39 is 0 Å². The summed E-state index contributed by atoms with van der Waals surface area (Å²) >= 11 is 0. The first-order valence-electron chi connectivity index (χ1n) is 10.4. The fraction of sp³-hybridized carbons (Fsp3) is 0.500. The van der Waals surface area contributed by atoms with Crippen molar-refractivity contribution in [1.82, 2.24) is 24.6 Å². The number of anilines is 1. The molecule has 8 heteroatoms. The van der Waals surface area contributed by atoms with Gasteiger partial charge in [-0.2, -0.15) is 10.1 Å². The molecule has 3 heterocycles. The van der Waals surface area contributed by atoms with Gasteiger partial charge in [-0.3, -0.25) is 14.7 Å². The number of hydrogen-bond acceptors (Lipinski definition) is 6. The van der Waals surface area contributed by atoms with Gasteiger partial charge >= 0.3 is 0 Å². The lowest BCUT2D eigenvalue weighted by Crippen LogP contribution is -2.33. The second-order valence-electron chi connectivity index (χ2n) is 8.82. The summed E-state index contributed by atoms with van der Waals surface area (Å²) in [5.41, 5.74) is 1.53. The van der Waals surface area contributed by atoms with Gasteiger partial charge in [-0.1, -0.05) is 12.1 Å². The summed E-state index contributed by atoms with van der Waals surface area (Å²) < 4.78 is 7.07. The number of nitrogens with one attached hydrogen (secondary N) is 1. The Morgan fingerprint density at radius 1 is 1.10 bits per heavy atom. The molecule has 0 unspecified atom stereocenters. The Balaban J connectivity index is 1.51. The zero-order valence-corrected chi connectivity index (χ0v) is 18.2. The lowest BCUT2D eigenvalue weighted by Gasteiger charge is -2.23. The van der Waals surface area contributed by atoms with E-state index in [1.54, 1.807) is 13.3 Å². The van der Waals surface area contributed by atoms with Crippen LogP contribution in [0.4, 0.5) is 5.95 Å². The number of benzene rings is 1. The molecule has 160 valence electrons. The summed E-state index contributed by atoms with van der Waals surface area (Å²) in [6, 6.07) is 8.23. The van der Waals surface area contributed by atoms with Crippen LogP contribution in [0.3, 0.4) is 0 Å². The van der Waals surface area contributed by atoms with E-state index in [1.807, 2.05) is 16.8 Å². The minimum atomic E-state index is -0.242. The van der Waals surface area contributed by atoms with E-state index in [0.29, 0.717) is 17.0 Å². The summed E-state index contributed by atoms with van der Waals surface area (Å²) in [7, 11) is 1.68. The SMILES string of the molecule is COc1ccc(CN2CCCN(c3nc4c(cnn4C(C)(C)C)c(=O)[nH]3)CC2)cc1. The lowest BCUT2D eigenvalue weighted by atomic mass is 10.1. The highest BCUT2D eigenvalue weighted by Crippen LogP contribution is 2.21. The number of aromatic amines is 1. The smallest absolute Gasteiger partial charge is 0.263 e. The van der Waals surface area contributed by atoms with Gasteiger partial charge < -0.3 is 9.64 Å². The molecule has 8 nitrogen and oxygen atoms in total. The van der Waals surface area contributed by atoms with Crippen molar-refractivity contribution in [3.63, 3.8) is 0 Å². The van der Waals surface area contributed by atoms with Crippen LogP contribution < -0.4 is 15.2 Å². The average molecular weight is 411 g/mol. The molecule has 1 aromatic carbocycles. The van der Waals surface area contributed by atoms with Crippen LogP contribution in [0.5, 0.6) is 5.75 Å². The molecular weight excluding hydrogens is 380 g/mol. The summed E-state index contributed by atoms with van der Waals surface area (Å²) in [4.78, 5) is 25.0. The van der Waals surface area contributed by atoms with Crippen LogP contribution in [0.2, 0.25) is 0 Å². The van der Waals surface area contributed by atoms with Crippen molar-refractivity contribution in [3.8, 4) is 5.75 Å². The van der Waals surface area contributed by atoms with Crippen LogP contribution in [-0.2, 0) is 12.1 Å². The highest BCUT2D eigenvalue weighted by molar-refractivity contribution is 5.74. The second-order valence-corrected chi connectivity index (χ2v) is 8.82. The predicted molar refractivity (Wildman–Crippen MR) is 118 cm³/mol. The fourth-order valence-electron chi connectivity index (χ4n) is 3.88. The molecule has 3 aromatic rings. The molecule has 0 spiro atoms. The summed E-state index contributed by atoms with van der Waals surface area (Å²) in [6.07, 6.45) is 2.62. The van der Waals surface area contributed by atoms with Gasteiger partial charge in [0.1, 0.15) is 11.1 Å². The third kappa shape index (κ3) is 4.18. The van der Waals surface area contributed by atoms with Crippen LogP contribution in [0.1, 0.15) is 32.8 Å². The Labute approximate surface area is 176 Å². The lowest BCUT2D eigenvalue weighted by molar-refractivity contribution is 0.285. The van der Waals surface area contributed by atoms with Crippen LogP contribution >= 0.6 is 0 Å². The van der Waals surface area contributed by atoms with E-state index in [9.17, 15) is 4.79 Å². The maximum absolute atomic E-state index is 12.6. The summed E-state index contributed by atoms with van der Waals surface area (Å²) in [5.74, 6) is 1.51. The number of methoxy groups -OCH3 is 1. The number of rotatable bonds is 4. The average Bonchev–Trinajstić information content (AvgIpc) is 3.03. The van der Waals surface area contributed by atoms with Gasteiger partial charge in [0, 0.05) is 32.7 Å². The Morgan fingerprint density at radius 2 is 1.87 bits per heavy atom. The van der Waals surface area contributed by atoms with E-state index in [0.717, 1.165) is 44.9 Å². The van der Waals surface area contributed by atoms with E-state index in [2.05, 4.69) is 52.8 Å². The predicted octanol–water partition coefficient (Wildman–Crippen LogP) is 2.60. The molecule has 2 aromatic heterocycles. The molecule has 0 radical (unpaired) electrons. The van der Waals surface area contributed by atoms with Crippen molar-refractivity contribution < 1.29 is 4.74 Å². The molecule has 4 rings (SSSR count). The molecule has 1 N–H and O–H groups in total. The highest BCUT2D eigenvalue weighted by atomic mass is 16.5. The third-order valence-corrected chi connectivity index (χ3v) is 5.51. The number of fused-ring (bicyclic) bond motifs is 1. The molecule has 1 saturated heterocycles. The topological polar surface area (TPSA) is 79.3 Å². The normalized spacial score (nSPS) is 16.1. The number of ether oxygens (including phenoxy) is 1. The maximum Gasteiger partial charge on any atom is 0.263 e. The molecule has 0 saturated carbocycles. The zero-order chi connectivity index (χ0) is 21.3. The molecule has 1 fully saturated rings. The first-order valence-corrected chi connectivity index (χ1v) is 10.4. The Bertz CT molecular complexity index is 1060. The van der Waals surface area contributed by atoms with E-state index in [-0.39, 0.29) is 11.1 Å². The van der Waals surface area contributed by atoms with Crippen molar-refractivity contribution >= 4 is 17.0 Å². The van der Waals surface area contributed by atoms with Crippen LogP contribution in [0.25, 0.3) is 11.0 Å². The van der Waals surface area contributed by atoms with Gasteiger partial charge in [0.15, 0.2) is 5.65 Å². The van der Waals surface area contributed by atoms with E-state index in [1.165, 1.54) is 5.56 Å². The van der Waals surface area contributed by atoms with E-state index >= 15 is 0 Å². The number of nitrogens with zero attached hydrogens (tertiary/aromatic N) is 5. The minimum Gasteiger partial charge on any atom is -0.497 e. The van der Waals surface area contributed by atoms with Crippen molar-refractivity contribution in [2.45, 2.75) is 39.3 Å². The molecule has 0 amide bonds. The molecule has 1 aliphatic heterocycles. The Kier molecular flexibility index (Phi) is 5.51.